The lowest BCUT2D eigenvalue weighted by molar-refractivity contribution is -0.134. The maximum absolute atomic E-state index is 12.5. The van der Waals surface area contributed by atoms with Gasteiger partial charge in [-0.05, 0) is 38.1 Å². The SMILES string of the molecule is Cc1ccc(S(=O)(=O)CCC(=O)N2CCn3cccc3C2C)cc1. The molecule has 1 aliphatic heterocycles. The Hall–Kier alpha value is -2.08. The molecule has 0 spiro atoms. The highest BCUT2D eigenvalue weighted by Gasteiger charge is 2.28. The molecule has 0 saturated carbocycles. The number of sulfone groups is 1. The van der Waals surface area contributed by atoms with Crippen LogP contribution in [0.5, 0.6) is 0 Å². The number of hydrogen-bond acceptors (Lipinski definition) is 3. The Bertz CT molecular complexity index is 837. The van der Waals surface area contributed by atoms with Crippen LogP contribution in [0.15, 0.2) is 47.5 Å². The number of amides is 1. The van der Waals surface area contributed by atoms with Crippen LogP contribution in [-0.4, -0.2) is 36.1 Å². The molecule has 1 aromatic carbocycles. The van der Waals surface area contributed by atoms with Crippen molar-refractivity contribution < 1.29 is 13.2 Å². The Labute approximate surface area is 142 Å². The van der Waals surface area contributed by atoms with Gasteiger partial charge in [0.05, 0.1) is 16.7 Å². The van der Waals surface area contributed by atoms with Crippen LogP contribution < -0.4 is 0 Å². The number of carbonyl (C=O) groups excluding carboxylic acids is 1. The molecule has 0 bridgehead atoms. The van der Waals surface area contributed by atoms with Gasteiger partial charge in [0.25, 0.3) is 0 Å². The normalized spacial score (nSPS) is 17.6. The third kappa shape index (κ3) is 3.24. The second kappa shape index (κ2) is 6.43. The van der Waals surface area contributed by atoms with E-state index in [0.29, 0.717) is 6.54 Å². The molecule has 0 N–H and O–H groups in total. The van der Waals surface area contributed by atoms with Gasteiger partial charge in [0.2, 0.25) is 5.91 Å². The number of aromatic nitrogens is 1. The van der Waals surface area contributed by atoms with Crippen LogP contribution in [0.25, 0.3) is 0 Å². The van der Waals surface area contributed by atoms with E-state index in [1.165, 1.54) is 0 Å². The van der Waals surface area contributed by atoms with Crippen molar-refractivity contribution >= 4 is 15.7 Å². The van der Waals surface area contributed by atoms with Crippen molar-refractivity contribution in [3.63, 3.8) is 0 Å². The highest BCUT2D eigenvalue weighted by atomic mass is 32.2. The number of hydrogen-bond donors (Lipinski definition) is 0. The monoisotopic (exact) mass is 346 g/mol. The molecule has 6 heteroatoms. The van der Waals surface area contributed by atoms with Crippen molar-refractivity contribution in [3.05, 3.63) is 53.9 Å². The molecule has 2 aromatic rings. The number of benzene rings is 1. The lowest BCUT2D eigenvalue weighted by atomic mass is 10.1. The predicted octanol–water partition coefficient (Wildman–Crippen LogP) is 2.56. The molecule has 1 amide bonds. The number of rotatable bonds is 4. The average molecular weight is 346 g/mol. The van der Waals surface area contributed by atoms with Gasteiger partial charge in [-0.1, -0.05) is 17.7 Å². The molecule has 24 heavy (non-hydrogen) atoms. The summed E-state index contributed by atoms with van der Waals surface area (Å²) in [6.07, 6.45) is 2.02. The number of carbonyl (C=O) groups is 1. The molecule has 3 rings (SSSR count). The van der Waals surface area contributed by atoms with E-state index in [2.05, 4.69) is 4.57 Å². The molecular formula is C18H22N2O3S. The van der Waals surface area contributed by atoms with Crippen LogP contribution >= 0.6 is 0 Å². The molecule has 1 unspecified atom stereocenters. The van der Waals surface area contributed by atoms with Gasteiger partial charge in [-0.15, -0.1) is 0 Å². The summed E-state index contributed by atoms with van der Waals surface area (Å²) in [6.45, 7) is 5.26. The van der Waals surface area contributed by atoms with Crippen LogP contribution in [0, 0.1) is 6.92 Å². The van der Waals surface area contributed by atoms with E-state index >= 15 is 0 Å². The Morgan fingerprint density at radius 1 is 1.17 bits per heavy atom. The lowest BCUT2D eigenvalue weighted by Gasteiger charge is -2.35. The lowest BCUT2D eigenvalue weighted by Crippen LogP contribution is -2.41. The van der Waals surface area contributed by atoms with Gasteiger partial charge in [0, 0.05) is 31.4 Å². The van der Waals surface area contributed by atoms with Gasteiger partial charge in [-0.25, -0.2) is 8.42 Å². The van der Waals surface area contributed by atoms with Crippen molar-refractivity contribution in [1.82, 2.24) is 9.47 Å². The van der Waals surface area contributed by atoms with Gasteiger partial charge in [-0.3, -0.25) is 4.79 Å². The fourth-order valence-corrected chi connectivity index (χ4v) is 4.38. The smallest absolute Gasteiger partial charge is 0.224 e. The maximum Gasteiger partial charge on any atom is 0.224 e. The summed E-state index contributed by atoms with van der Waals surface area (Å²) >= 11 is 0. The van der Waals surface area contributed by atoms with Crippen LogP contribution in [0.4, 0.5) is 0 Å². The first-order chi connectivity index (χ1) is 11.4. The van der Waals surface area contributed by atoms with E-state index in [0.717, 1.165) is 17.8 Å². The van der Waals surface area contributed by atoms with Crippen LogP contribution in [0.3, 0.4) is 0 Å². The summed E-state index contributed by atoms with van der Waals surface area (Å²) in [5, 5.41) is 0. The first-order valence-electron chi connectivity index (χ1n) is 8.12. The molecule has 0 aliphatic carbocycles. The van der Waals surface area contributed by atoms with Gasteiger partial charge < -0.3 is 9.47 Å². The predicted molar refractivity (Wildman–Crippen MR) is 92.4 cm³/mol. The minimum atomic E-state index is -3.43. The molecule has 0 radical (unpaired) electrons. The van der Waals surface area contributed by atoms with Crippen molar-refractivity contribution in [3.8, 4) is 0 Å². The van der Waals surface area contributed by atoms with E-state index in [9.17, 15) is 13.2 Å². The van der Waals surface area contributed by atoms with E-state index < -0.39 is 9.84 Å². The van der Waals surface area contributed by atoms with Crippen LogP contribution in [0.2, 0.25) is 0 Å². The van der Waals surface area contributed by atoms with E-state index in [1.807, 2.05) is 32.2 Å². The molecule has 2 heterocycles. The fraction of sp³-hybridized carbons (Fsp3) is 0.389. The highest BCUT2D eigenvalue weighted by molar-refractivity contribution is 7.91. The first-order valence-corrected chi connectivity index (χ1v) is 9.77. The van der Waals surface area contributed by atoms with Crippen molar-refractivity contribution in [2.45, 2.75) is 37.8 Å². The third-order valence-corrected chi connectivity index (χ3v) is 6.36. The average Bonchev–Trinajstić information content (AvgIpc) is 3.03. The van der Waals surface area contributed by atoms with E-state index in [1.54, 1.807) is 29.2 Å². The summed E-state index contributed by atoms with van der Waals surface area (Å²) in [7, 11) is -3.43. The Morgan fingerprint density at radius 2 is 1.88 bits per heavy atom. The molecule has 0 saturated heterocycles. The zero-order chi connectivity index (χ0) is 17.3. The minimum Gasteiger partial charge on any atom is -0.348 e. The van der Waals surface area contributed by atoms with E-state index in [4.69, 9.17) is 0 Å². The summed E-state index contributed by atoms with van der Waals surface area (Å²) in [5.74, 6) is -0.260. The molecular weight excluding hydrogens is 324 g/mol. The molecule has 128 valence electrons. The topological polar surface area (TPSA) is 59.4 Å². The number of aryl methyl sites for hydroxylation is 1. The number of nitrogens with zero attached hydrogens (tertiary/aromatic N) is 2. The Kier molecular flexibility index (Phi) is 4.49. The summed E-state index contributed by atoms with van der Waals surface area (Å²) in [4.78, 5) is 14.6. The van der Waals surface area contributed by atoms with Crippen molar-refractivity contribution in [1.29, 1.82) is 0 Å². The van der Waals surface area contributed by atoms with Gasteiger partial charge in [0.1, 0.15) is 0 Å². The quantitative estimate of drug-likeness (QED) is 0.855. The van der Waals surface area contributed by atoms with Crippen molar-refractivity contribution in [2.24, 2.45) is 0 Å². The molecule has 1 atom stereocenters. The zero-order valence-electron chi connectivity index (χ0n) is 14.0. The first kappa shape index (κ1) is 16.8. The maximum atomic E-state index is 12.5. The second-order valence-corrected chi connectivity index (χ2v) is 8.38. The summed E-state index contributed by atoms with van der Waals surface area (Å²) in [5.41, 5.74) is 2.10. The third-order valence-electron chi connectivity index (χ3n) is 4.63. The Morgan fingerprint density at radius 3 is 2.58 bits per heavy atom. The molecule has 5 nitrogen and oxygen atoms in total. The number of fused-ring (bicyclic) bond motifs is 1. The molecule has 0 fully saturated rings. The van der Waals surface area contributed by atoms with Gasteiger partial charge >= 0.3 is 0 Å². The summed E-state index contributed by atoms with van der Waals surface area (Å²) in [6, 6.07) is 10.7. The summed E-state index contributed by atoms with van der Waals surface area (Å²) < 4.78 is 26.9. The zero-order valence-corrected chi connectivity index (χ0v) is 14.8. The van der Waals surface area contributed by atoms with E-state index in [-0.39, 0.29) is 29.0 Å². The standard InChI is InChI=1S/C18H22N2O3S/c1-14-5-7-16(8-6-14)24(22,23)13-9-18(21)20-12-11-19-10-3-4-17(19)15(20)2/h3-8,10,15H,9,11-13H2,1-2H3. The molecule has 1 aromatic heterocycles. The minimum absolute atomic E-state index is 0.0151. The largest absolute Gasteiger partial charge is 0.348 e. The highest BCUT2D eigenvalue weighted by Crippen LogP contribution is 2.26. The van der Waals surface area contributed by atoms with Crippen LogP contribution in [0.1, 0.15) is 30.6 Å². The molecule has 1 aliphatic rings. The fourth-order valence-electron chi connectivity index (χ4n) is 3.15. The Balaban J connectivity index is 1.66. The second-order valence-electron chi connectivity index (χ2n) is 6.27. The van der Waals surface area contributed by atoms with Gasteiger partial charge in [-0.2, -0.15) is 0 Å². The van der Waals surface area contributed by atoms with Crippen LogP contribution in [-0.2, 0) is 21.2 Å². The van der Waals surface area contributed by atoms with Gasteiger partial charge in [0.15, 0.2) is 9.84 Å². The van der Waals surface area contributed by atoms with Crippen molar-refractivity contribution in [2.75, 3.05) is 12.3 Å².